The van der Waals surface area contributed by atoms with Gasteiger partial charge in [0.05, 0.1) is 12.2 Å². The second-order valence-corrected chi connectivity index (χ2v) is 8.40. The summed E-state index contributed by atoms with van der Waals surface area (Å²) in [5.74, 6) is 0.838. The smallest absolute Gasteiger partial charge is 0.0880 e. The highest BCUT2D eigenvalue weighted by Crippen LogP contribution is 2.48. The lowest BCUT2D eigenvalue weighted by Gasteiger charge is -2.42. The van der Waals surface area contributed by atoms with Crippen LogP contribution < -0.4 is 4.90 Å². The van der Waals surface area contributed by atoms with Crippen molar-refractivity contribution in [2.24, 2.45) is 5.41 Å². The van der Waals surface area contributed by atoms with E-state index in [1.54, 1.807) is 0 Å². The van der Waals surface area contributed by atoms with Crippen molar-refractivity contribution in [3.05, 3.63) is 29.8 Å². The molecule has 0 amide bonds. The first-order valence-electron chi connectivity index (χ1n) is 9.77. The molecule has 24 heavy (non-hydrogen) atoms. The molecule has 0 radical (unpaired) electrons. The number of anilines is 1. The van der Waals surface area contributed by atoms with Crippen LogP contribution in [0.5, 0.6) is 0 Å². The number of rotatable bonds is 5. The maximum Gasteiger partial charge on any atom is 0.0880 e. The molecule has 3 fully saturated rings. The fraction of sp³-hybridized carbons (Fsp3) is 0.714. The van der Waals surface area contributed by atoms with E-state index in [1.807, 2.05) is 6.92 Å². The van der Waals surface area contributed by atoms with E-state index in [1.165, 1.54) is 30.5 Å². The average molecular weight is 329 g/mol. The summed E-state index contributed by atoms with van der Waals surface area (Å²) in [6, 6.07) is 9.31. The molecule has 2 aliphatic carbocycles. The standard InChI is InChI=1S/C21H31NO2/c1-2-24-16-21(23)11-9-20(10-12-21)13-14-22(15-20)19-7-5-18(6-8-19)17-3-4-17/h5-8,17,23H,2-4,9-16H2,1H3/t20-,21-. The molecule has 3 heteroatoms. The van der Waals surface area contributed by atoms with Crippen molar-refractivity contribution in [1.82, 2.24) is 0 Å². The predicted octanol–water partition coefficient (Wildman–Crippen LogP) is 4.10. The number of aliphatic hydroxyl groups is 1. The van der Waals surface area contributed by atoms with Crippen LogP contribution in [0.3, 0.4) is 0 Å². The van der Waals surface area contributed by atoms with Crippen LogP contribution in [-0.2, 0) is 4.74 Å². The number of nitrogens with zero attached hydrogens (tertiary/aromatic N) is 1. The second-order valence-electron chi connectivity index (χ2n) is 8.40. The Kier molecular flexibility index (Phi) is 4.34. The number of hydrogen-bond donors (Lipinski definition) is 1. The Labute approximate surface area is 146 Å². The first-order valence-corrected chi connectivity index (χ1v) is 9.77. The molecule has 0 unspecified atom stereocenters. The molecule has 0 aromatic heterocycles. The van der Waals surface area contributed by atoms with E-state index in [2.05, 4.69) is 29.2 Å². The van der Waals surface area contributed by atoms with Crippen molar-refractivity contribution in [3.63, 3.8) is 0 Å². The van der Waals surface area contributed by atoms with Gasteiger partial charge in [-0.25, -0.2) is 0 Å². The van der Waals surface area contributed by atoms with Crippen LogP contribution >= 0.6 is 0 Å². The van der Waals surface area contributed by atoms with E-state index in [9.17, 15) is 5.11 Å². The summed E-state index contributed by atoms with van der Waals surface area (Å²) < 4.78 is 5.49. The minimum absolute atomic E-state index is 0.410. The monoisotopic (exact) mass is 329 g/mol. The van der Waals surface area contributed by atoms with E-state index in [0.717, 1.165) is 44.7 Å². The Balaban J connectivity index is 1.36. The average Bonchev–Trinajstić information content (AvgIpc) is 3.38. The zero-order chi connectivity index (χ0) is 16.6. The summed E-state index contributed by atoms with van der Waals surface area (Å²) in [6.45, 7) is 5.51. The summed E-state index contributed by atoms with van der Waals surface area (Å²) in [7, 11) is 0. The molecule has 0 atom stereocenters. The van der Waals surface area contributed by atoms with E-state index in [0.29, 0.717) is 18.6 Å². The van der Waals surface area contributed by atoms with Gasteiger partial charge in [0, 0.05) is 25.4 Å². The van der Waals surface area contributed by atoms with Gasteiger partial charge in [-0.3, -0.25) is 0 Å². The van der Waals surface area contributed by atoms with E-state index in [4.69, 9.17) is 4.74 Å². The molecule has 2 saturated carbocycles. The number of hydrogen-bond acceptors (Lipinski definition) is 3. The zero-order valence-electron chi connectivity index (χ0n) is 15.0. The minimum Gasteiger partial charge on any atom is -0.387 e. The Hall–Kier alpha value is -1.06. The van der Waals surface area contributed by atoms with Crippen molar-refractivity contribution >= 4 is 5.69 Å². The van der Waals surface area contributed by atoms with Gasteiger partial charge >= 0.3 is 0 Å². The van der Waals surface area contributed by atoms with Gasteiger partial charge in [0.15, 0.2) is 0 Å². The Bertz CT molecular complexity index is 556. The highest BCUT2D eigenvalue weighted by atomic mass is 16.5. The van der Waals surface area contributed by atoms with Crippen molar-refractivity contribution < 1.29 is 9.84 Å². The van der Waals surface area contributed by atoms with Gasteiger partial charge in [-0.15, -0.1) is 0 Å². The summed E-state index contributed by atoms with van der Waals surface area (Å²) in [4.78, 5) is 2.56. The molecule has 1 N–H and O–H groups in total. The maximum absolute atomic E-state index is 10.7. The van der Waals surface area contributed by atoms with Gasteiger partial charge in [0.2, 0.25) is 0 Å². The van der Waals surface area contributed by atoms with Crippen LogP contribution in [0, 0.1) is 5.41 Å². The molecule has 1 aliphatic heterocycles. The normalized spacial score (nSPS) is 33.3. The third-order valence-corrected chi connectivity index (χ3v) is 6.56. The molecule has 0 bridgehead atoms. The van der Waals surface area contributed by atoms with E-state index < -0.39 is 5.60 Å². The molecule has 1 aromatic rings. The van der Waals surface area contributed by atoms with E-state index >= 15 is 0 Å². The van der Waals surface area contributed by atoms with Crippen LogP contribution in [0.2, 0.25) is 0 Å². The molecular formula is C21H31NO2. The topological polar surface area (TPSA) is 32.7 Å². The molecule has 1 saturated heterocycles. The van der Waals surface area contributed by atoms with E-state index in [-0.39, 0.29) is 0 Å². The quantitative estimate of drug-likeness (QED) is 0.883. The Morgan fingerprint density at radius 3 is 2.42 bits per heavy atom. The zero-order valence-corrected chi connectivity index (χ0v) is 15.0. The Morgan fingerprint density at radius 1 is 1.08 bits per heavy atom. The van der Waals surface area contributed by atoms with Gasteiger partial charge < -0.3 is 14.7 Å². The molecule has 1 spiro atoms. The van der Waals surface area contributed by atoms with Crippen molar-refractivity contribution in [2.45, 2.75) is 63.4 Å². The van der Waals surface area contributed by atoms with Crippen molar-refractivity contribution in [1.29, 1.82) is 0 Å². The molecule has 3 nitrogen and oxygen atoms in total. The van der Waals surface area contributed by atoms with Crippen LogP contribution in [0.15, 0.2) is 24.3 Å². The molecular weight excluding hydrogens is 298 g/mol. The van der Waals surface area contributed by atoms with Gasteiger partial charge in [0.25, 0.3) is 0 Å². The van der Waals surface area contributed by atoms with Crippen molar-refractivity contribution in [2.75, 3.05) is 31.2 Å². The maximum atomic E-state index is 10.7. The molecule has 1 heterocycles. The first-order chi connectivity index (χ1) is 11.6. The summed E-state index contributed by atoms with van der Waals surface area (Å²) >= 11 is 0. The SMILES string of the molecule is CCOC[C@]1(O)CC[C@@]2(CCN(c3ccc(C4CC4)cc3)C2)CC1. The lowest BCUT2D eigenvalue weighted by molar-refractivity contribution is -0.0848. The van der Waals surface area contributed by atoms with Gasteiger partial charge in [-0.05, 0) is 80.9 Å². The lowest BCUT2D eigenvalue weighted by atomic mass is 9.68. The molecule has 1 aromatic carbocycles. The van der Waals surface area contributed by atoms with Crippen LogP contribution in [0.4, 0.5) is 5.69 Å². The molecule has 4 rings (SSSR count). The highest BCUT2D eigenvalue weighted by Gasteiger charge is 2.45. The first kappa shape index (κ1) is 16.4. The van der Waals surface area contributed by atoms with Crippen molar-refractivity contribution in [3.8, 4) is 0 Å². The van der Waals surface area contributed by atoms with Gasteiger partial charge in [-0.2, -0.15) is 0 Å². The molecule has 3 aliphatic rings. The fourth-order valence-corrected chi connectivity index (χ4v) is 4.62. The van der Waals surface area contributed by atoms with Crippen LogP contribution in [0.1, 0.15) is 63.4 Å². The largest absolute Gasteiger partial charge is 0.387 e. The number of ether oxygens (including phenoxy) is 1. The minimum atomic E-state index is -0.583. The molecule has 132 valence electrons. The second kappa shape index (κ2) is 6.34. The summed E-state index contributed by atoms with van der Waals surface area (Å²) in [5.41, 5.74) is 2.73. The lowest BCUT2D eigenvalue weighted by Crippen LogP contribution is -2.43. The summed E-state index contributed by atoms with van der Waals surface area (Å²) in [6.07, 6.45) is 8.05. The highest BCUT2D eigenvalue weighted by molar-refractivity contribution is 5.50. The van der Waals surface area contributed by atoms with Crippen LogP contribution in [-0.4, -0.2) is 37.0 Å². The van der Waals surface area contributed by atoms with Crippen LogP contribution in [0.25, 0.3) is 0 Å². The van der Waals surface area contributed by atoms with Gasteiger partial charge in [-0.1, -0.05) is 12.1 Å². The fourth-order valence-electron chi connectivity index (χ4n) is 4.62. The third-order valence-electron chi connectivity index (χ3n) is 6.56. The predicted molar refractivity (Wildman–Crippen MR) is 97.6 cm³/mol. The third kappa shape index (κ3) is 3.34. The number of benzene rings is 1. The Morgan fingerprint density at radius 2 is 1.79 bits per heavy atom. The van der Waals surface area contributed by atoms with Gasteiger partial charge in [0.1, 0.15) is 0 Å². The summed E-state index contributed by atoms with van der Waals surface area (Å²) in [5, 5.41) is 10.7.